The van der Waals surface area contributed by atoms with Gasteiger partial charge < -0.3 is 13.0 Å². The first kappa shape index (κ1) is 21.4. The van der Waals surface area contributed by atoms with E-state index in [0.717, 1.165) is 10.8 Å². The Morgan fingerprint density at radius 1 is 0.724 bits per heavy atom. The molecule has 0 bridgehead atoms. The Hall–Kier alpha value is -2.29. The maximum absolute atomic E-state index is 6.96. The molecule has 0 atom stereocenters. The average Bonchev–Trinajstić information content (AvgIpc) is 2.79. The van der Waals surface area contributed by atoms with Crippen molar-refractivity contribution in [1.82, 2.24) is 0 Å². The lowest BCUT2D eigenvalue weighted by atomic mass is 10.2. The first-order valence-electron chi connectivity index (χ1n) is 9.99. The standard InChI is InChI=1S/C24H28O3Si2/c1-4-21-17-19-24(20-18-21)29(22-13-9-7-10-14-22,23-15-11-8-12-16-23)27-28(25-5-2)26-6-3/h4,7-20,28H,1,5-6H2,2-3H3. The molecule has 3 aromatic carbocycles. The van der Waals surface area contributed by atoms with Crippen LogP contribution in [0.25, 0.3) is 6.08 Å². The van der Waals surface area contributed by atoms with E-state index in [1.54, 1.807) is 0 Å². The van der Waals surface area contributed by atoms with Crippen molar-refractivity contribution in [1.29, 1.82) is 0 Å². The molecule has 0 saturated carbocycles. The molecule has 0 saturated heterocycles. The number of hydrogen-bond acceptors (Lipinski definition) is 3. The lowest BCUT2D eigenvalue weighted by molar-refractivity contribution is 0.153. The van der Waals surface area contributed by atoms with Crippen LogP contribution in [0.5, 0.6) is 0 Å². The van der Waals surface area contributed by atoms with Crippen LogP contribution in [0.1, 0.15) is 19.4 Å². The van der Waals surface area contributed by atoms with Crippen LogP contribution in [-0.4, -0.2) is 31.1 Å². The highest BCUT2D eigenvalue weighted by Gasteiger charge is 2.44. The molecular formula is C24H28O3Si2. The lowest BCUT2D eigenvalue weighted by Gasteiger charge is -2.35. The minimum atomic E-state index is -2.82. The van der Waals surface area contributed by atoms with Crippen molar-refractivity contribution in [2.75, 3.05) is 13.2 Å². The monoisotopic (exact) mass is 420 g/mol. The van der Waals surface area contributed by atoms with Gasteiger partial charge in [-0.15, -0.1) is 0 Å². The van der Waals surface area contributed by atoms with Crippen LogP contribution in [0.4, 0.5) is 0 Å². The molecule has 0 aliphatic heterocycles. The molecule has 3 aromatic rings. The van der Waals surface area contributed by atoms with E-state index in [0.29, 0.717) is 13.2 Å². The SMILES string of the molecule is C=Cc1ccc([Si](O[SiH](OCC)OCC)(c2ccccc2)c2ccccc2)cc1. The highest BCUT2D eigenvalue weighted by molar-refractivity contribution is 7.09. The molecule has 0 heterocycles. The third kappa shape index (κ3) is 4.83. The summed E-state index contributed by atoms with van der Waals surface area (Å²) >= 11 is 0. The topological polar surface area (TPSA) is 27.7 Å². The summed E-state index contributed by atoms with van der Waals surface area (Å²) in [4.78, 5) is 0. The van der Waals surface area contributed by atoms with E-state index in [1.165, 1.54) is 10.4 Å². The minimum absolute atomic E-state index is 0.570. The summed E-state index contributed by atoms with van der Waals surface area (Å²) in [6.45, 7) is 8.99. The third-order valence-corrected chi connectivity index (χ3v) is 11.6. The first-order chi connectivity index (χ1) is 14.2. The molecule has 0 aliphatic carbocycles. The maximum atomic E-state index is 6.96. The third-order valence-electron chi connectivity index (χ3n) is 4.79. The fourth-order valence-electron chi connectivity index (χ4n) is 3.44. The van der Waals surface area contributed by atoms with Gasteiger partial charge in [0.25, 0.3) is 8.32 Å². The van der Waals surface area contributed by atoms with Gasteiger partial charge in [0, 0.05) is 13.2 Å². The second-order valence-electron chi connectivity index (χ2n) is 6.56. The van der Waals surface area contributed by atoms with Gasteiger partial charge in [-0.2, -0.15) is 0 Å². The zero-order valence-electron chi connectivity index (χ0n) is 17.1. The molecule has 29 heavy (non-hydrogen) atoms. The molecule has 0 amide bonds. The van der Waals surface area contributed by atoms with Crippen molar-refractivity contribution >= 4 is 39.5 Å². The van der Waals surface area contributed by atoms with Crippen molar-refractivity contribution < 1.29 is 13.0 Å². The Balaban J connectivity index is 2.24. The summed E-state index contributed by atoms with van der Waals surface area (Å²) in [5.74, 6) is 0. The largest absolute Gasteiger partial charge is 0.474 e. The van der Waals surface area contributed by atoms with Crippen molar-refractivity contribution in [3.8, 4) is 0 Å². The maximum Gasteiger partial charge on any atom is 0.474 e. The van der Waals surface area contributed by atoms with Crippen molar-refractivity contribution in [2.45, 2.75) is 13.8 Å². The molecule has 3 rings (SSSR count). The molecule has 0 radical (unpaired) electrons. The second-order valence-corrected chi connectivity index (χ2v) is 11.8. The fourth-order valence-corrected chi connectivity index (χ4v) is 10.4. The molecule has 0 unspecified atom stereocenters. The first-order valence-corrected chi connectivity index (χ1v) is 13.3. The van der Waals surface area contributed by atoms with Crippen molar-refractivity contribution in [2.24, 2.45) is 0 Å². The van der Waals surface area contributed by atoms with E-state index in [-0.39, 0.29) is 0 Å². The molecule has 0 fully saturated rings. The van der Waals surface area contributed by atoms with Crippen LogP contribution in [0, 0.1) is 0 Å². The van der Waals surface area contributed by atoms with Crippen molar-refractivity contribution in [3.05, 3.63) is 97.1 Å². The van der Waals surface area contributed by atoms with Gasteiger partial charge in [-0.25, -0.2) is 0 Å². The van der Waals surface area contributed by atoms with E-state index in [4.69, 9.17) is 13.0 Å². The van der Waals surface area contributed by atoms with E-state index in [9.17, 15) is 0 Å². The predicted molar refractivity (Wildman–Crippen MR) is 126 cm³/mol. The van der Waals surface area contributed by atoms with Gasteiger partial charge in [-0.05, 0) is 35.0 Å². The number of rotatable bonds is 10. The van der Waals surface area contributed by atoms with Gasteiger partial charge in [-0.3, -0.25) is 0 Å². The van der Waals surface area contributed by atoms with E-state index in [1.807, 2.05) is 32.1 Å². The summed E-state index contributed by atoms with van der Waals surface area (Å²) in [5, 5.41) is 3.52. The van der Waals surface area contributed by atoms with E-state index >= 15 is 0 Å². The summed E-state index contributed by atoms with van der Waals surface area (Å²) in [5.41, 5.74) is 1.08. The minimum Gasteiger partial charge on any atom is -0.406 e. The molecule has 150 valence electrons. The average molecular weight is 421 g/mol. The second kappa shape index (κ2) is 10.5. The van der Waals surface area contributed by atoms with E-state index in [2.05, 4.69) is 79.4 Å². The Morgan fingerprint density at radius 2 is 1.17 bits per heavy atom. The van der Waals surface area contributed by atoms with Gasteiger partial charge in [0.1, 0.15) is 0 Å². The van der Waals surface area contributed by atoms with Crippen LogP contribution in [0.3, 0.4) is 0 Å². The van der Waals surface area contributed by atoms with Gasteiger partial charge in [0.15, 0.2) is 0 Å². The van der Waals surface area contributed by atoms with Crippen LogP contribution in [0.2, 0.25) is 0 Å². The zero-order valence-corrected chi connectivity index (χ0v) is 19.2. The van der Waals surface area contributed by atoms with Gasteiger partial charge in [-0.1, -0.05) is 97.6 Å². The summed E-state index contributed by atoms with van der Waals surface area (Å²) in [6.07, 6.45) is 1.86. The van der Waals surface area contributed by atoms with Gasteiger partial charge in [0.2, 0.25) is 0 Å². The highest BCUT2D eigenvalue weighted by Crippen LogP contribution is 2.13. The fraction of sp³-hybridized carbons (Fsp3) is 0.167. The van der Waals surface area contributed by atoms with Gasteiger partial charge in [0.05, 0.1) is 0 Å². The quantitative estimate of drug-likeness (QED) is 0.373. The molecule has 5 heteroatoms. The summed E-state index contributed by atoms with van der Waals surface area (Å²) in [6, 6.07) is 29.5. The Bertz CT molecular complexity index is 838. The van der Waals surface area contributed by atoms with E-state index < -0.39 is 17.8 Å². The van der Waals surface area contributed by atoms with Crippen LogP contribution in [0.15, 0.2) is 91.5 Å². The molecule has 3 nitrogen and oxygen atoms in total. The lowest BCUT2D eigenvalue weighted by Crippen LogP contribution is -2.71. The summed E-state index contributed by atoms with van der Waals surface area (Å²) < 4.78 is 18.9. The Morgan fingerprint density at radius 3 is 1.59 bits per heavy atom. The summed E-state index contributed by atoms with van der Waals surface area (Å²) in [7, 11) is -5.17. The molecular weight excluding hydrogens is 392 g/mol. The number of hydrogen-bond donors (Lipinski definition) is 0. The van der Waals surface area contributed by atoms with Gasteiger partial charge >= 0.3 is 9.53 Å². The molecule has 0 N–H and O–H groups in total. The Kier molecular flexibility index (Phi) is 7.74. The van der Waals surface area contributed by atoms with Crippen molar-refractivity contribution in [3.63, 3.8) is 0 Å². The molecule has 0 aliphatic rings. The van der Waals surface area contributed by atoms with Crippen LogP contribution in [-0.2, 0) is 13.0 Å². The van der Waals surface area contributed by atoms with Crippen LogP contribution >= 0.6 is 0 Å². The number of benzene rings is 3. The predicted octanol–water partition coefficient (Wildman–Crippen LogP) is 3.10. The highest BCUT2D eigenvalue weighted by atomic mass is 28.4. The smallest absolute Gasteiger partial charge is 0.406 e. The molecule has 0 aromatic heterocycles. The Labute approximate surface area is 176 Å². The van der Waals surface area contributed by atoms with Crippen LogP contribution < -0.4 is 15.6 Å². The zero-order chi connectivity index (χ0) is 20.5. The molecule has 0 spiro atoms. The normalized spacial score (nSPS) is 11.6.